The van der Waals surface area contributed by atoms with E-state index in [0.29, 0.717) is 29.9 Å². The summed E-state index contributed by atoms with van der Waals surface area (Å²) in [7, 11) is 0. The van der Waals surface area contributed by atoms with Gasteiger partial charge in [0, 0.05) is 12.5 Å². The first-order valence-corrected chi connectivity index (χ1v) is 6.08. The average molecular weight is 278 g/mol. The number of nitrogens with zero attached hydrogens (tertiary/aromatic N) is 1. The molecule has 1 unspecified atom stereocenters. The van der Waals surface area contributed by atoms with Gasteiger partial charge in [0.2, 0.25) is 0 Å². The van der Waals surface area contributed by atoms with Crippen LogP contribution in [0.3, 0.4) is 0 Å². The van der Waals surface area contributed by atoms with Crippen molar-refractivity contribution in [3.63, 3.8) is 0 Å². The van der Waals surface area contributed by atoms with E-state index in [2.05, 4.69) is 4.99 Å². The topological polar surface area (TPSA) is 116 Å². The summed E-state index contributed by atoms with van der Waals surface area (Å²) in [5.74, 6) is -1.97. The van der Waals surface area contributed by atoms with Gasteiger partial charge in [-0.25, -0.2) is 4.99 Å². The number of fused-ring (bicyclic) bond motifs is 1. The quantitative estimate of drug-likeness (QED) is 0.514. The zero-order valence-corrected chi connectivity index (χ0v) is 10.8. The molecule has 3 N–H and O–H groups in total. The number of Topliss-reactive ketones (excluding diaryl/α,β-unsaturated/α-hetero) is 1. The minimum absolute atomic E-state index is 0.328. The van der Waals surface area contributed by atoms with E-state index in [1.54, 1.807) is 0 Å². The fourth-order valence-corrected chi connectivity index (χ4v) is 2.40. The molecule has 1 heterocycles. The van der Waals surface area contributed by atoms with Crippen molar-refractivity contribution in [1.82, 2.24) is 5.48 Å². The van der Waals surface area contributed by atoms with E-state index in [-0.39, 0.29) is 0 Å². The lowest BCUT2D eigenvalue weighted by Crippen LogP contribution is -2.40. The Labute approximate surface area is 114 Å². The largest absolute Gasteiger partial charge is 0.481 e. The van der Waals surface area contributed by atoms with Gasteiger partial charge in [-0.2, -0.15) is 0 Å². The zero-order valence-electron chi connectivity index (χ0n) is 10.8. The normalized spacial score (nSPS) is 25.1. The van der Waals surface area contributed by atoms with Gasteiger partial charge in [0.1, 0.15) is 17.0 Å². The highest BCUT2D eigenvalue weighted by atomic mass is 16.5. The highest BCUT2D eigenvalue weighted by molar-refractivity contribution is 6.16. The van der Waals surface area contributed by atoms with E-state index in [9.17, 15) is 14.4 Å². The molecule has 1 aliphatic carbocycles. The van der Waals surface area contributed by atoms with Gasteiger partial charge in [0.05, 0.1) is 12.1 Å². The Balaban J connectivity index is 2.47. The summed E-state index contributed by atoms with van der Waals surface area (Å²) in [5, 5.41) is 17.8. The number of carboxylic acids is 1. The van der Waals surface area contributed by atoms with Gasteiger partial charge < -0.3 is 5.11 Å². The van der Waals surface area contributed by atoms with E-state index in [1.165, 1.54) is 19.1 Å². The van der Waals surface area contributed by atoms with E-state index in [0.717, 1.165) is 0 Å². The molecule has 0 bridgehead atoms. The molecule has 0 aromatic rings. The van der Waals surface area contributed by atoms with Gasteiger partial charge in [-0.3, -0.25) is 25.1 Å². The van der Waals surface area contributed by atoms with E-state index in [1.807, 2.05) is 5.48 Å². The molecule has 0 amide bonds. The monoisotopic (exact) mass is 278 g/mol. The Hall–Kier alpha value is -2.28. The Morgan fingerprint density at radius 2 is 2.15 bits per heavy atom. The van der Waals surface area contributed by atoms with Crippen LogP contribution < -0.4 is 5.48 Å². The molecule has 1 aliphatic heterocycles. The highest BCUT2D eigenvalue weighted by Crippen LogP contribution is 2.38. The Kier molecular flexibility index (Phi) is 3.54. The van der Waals surface area contributed by atoms with E-state index in [4.69, 9.17) is 10.3 Å². The Bertz CT molecular complexity index is 588. The van der Waals surface area contributed by atoms with Crippen LogP contribution in [0.4, 0.5) is 0 Å². The molecule has 2 aliphatic rings. The predicted octanol–water partition coefficient (Wildman–Crippen LogP) is 0.601. The van der Waals surface area contributed by atoms with Crippen molar-refractivity contribution in [2.75, 3.05) is 0 Å². The summed E-state index contributed by atoms with van der Waals surface area (Å²) in [5.41, 5.74) is 1.32. The number of carbonyl (C=O) groups excluding carboxylic acids is 2. The third kappa shape index (κ3) is 2.27. The smallest absolute Gasteiger partial charge is 0.305 e. The fourth-order valence-electron chi connectivity index (χ4n) is 2.40. The number of hydrogen-bond donors (Lipinski definition) is 3. The molecule has 20 heavy (non-hydrogen) atoms. The number of hydrogen-bond acceptors (Lipinski definition) is 6. The van der Waals surface area contributed by atoms with Gasteiger partial charge in [0.25, 0.3) is 0 Å². The van der Waals surface area contributed by atoms with Crippen LogP contribution in [-0.4, -0.2) is 33.7 Å². The fraction of sp³-hybridized carbons (Fsp3) is 0.385. The molecule has 0 saturated carbocycles. The van der Waals surface area contributed by atoms with Crippen LogP contribution in [0, 0.1) is 5.41 Å². The Morgan fingerprint density at radius 1 is 1.45 bits per heavy atom. The maximum atomic E-state index is 12.2. The van der Waals surface area contributed by atoms with Crippen LogP contribution in [0.15, 0.2) is 28.4 Å². The molecule has 7 nitrogen and oxygen atoms in total. The van der Waals surface area contributed by atoms with Crippen LogP contribution >= 0.6 is 0 Å². The molecule has 0 spiro atoms. The SMILES string of the molecule is CC(=O)C1(CC(=O)O)C=C2CCC(NO)=NC2=CC1=O. The molecule has 0 aromatic heterocycles. The first kappa shape index (κ1) is 14.1. The minimum atomic E-state index is -1.63. The van der Waals surface area contributed by atoms with Crippen LogP contribution in [0.1, 0.15) is 26.2 Å². The average Bonchev–Trinajstić information content (AvgIpc) is 2.38. The van der Waals surface area contributed by atoms with Crippen molar-refractivity contribution >= 4 is 23.4 Å². The minimum Gasteiger partial charge on any atom is -0.481 e. The number of nitrogens with one attached hydrogen (secondary N) is 1. The van der Waals surface area contributed by atoms with Crippen LogP contribution in [0.25, 0.3) is 0 Å². The van der Waals surface area contributed by atoms with Crippen LogP contribution in [0.2, 0.25) is 0 Å². The van der Waals surface area contributed by atoms with Gasteiger partial charge in [-0.15, -0.1) is 0 Å². The predicted molar refractivity (Wildman–Crippen MR) is 68.1 cm³/mol. The maximum Gasteiger partial charge on any atom is 0.305 e. The lowest BCUT2D eigenvalue weighted by molar-refractivity contribution is -0.146. The van der Waals surface area contributed by atoms with Crippen molar-refractivity contribution in [3.8, 4) is 0 Å². The van der Waals surface area contributed by atoms with Gasteiger partial charge in [-0.1, -0.05) is 6.08 Å². The second-order valence-electron chi connectivity index (χ2n) is 4.83. The summed E-state index contributed by atoms with van der Waals surface area (Å²) in [6.45, 7) is 1.21. The number of hydroxylamine groups is 1. The van der Waals surface area contributed by atoms with Gasteiger partial charge in [-0.05, 0) is 18.9 Å². The molecule has 0 fully saturated rings. The van der Waals surface area contributed by atoms with E-state index < -0.39 is 29.4 Å². The third-order valence-corrected chi connectivity index (χ3v) is 3.53. The van der Waals surface area contributed by atoms with Crippen molar-refractivity contribution in [1.29, 1.82) is 0 Å². The van der Waals surface area contributed by atoms with Crippen molar-refractivity contribution in [2.45, 2.75) is 26.2 Å². The molecule has 1 atom stereocenters. The van der Waals surface area contributed by atoms with Crippen LogP contribution in [-0.2, 0) is 14.4 Å². The molecule has 0 aromatic carbocycles. The summed E-state index contributed by atoms with van der Waals surface area (Å²) < 4.78 is 0. The maximum absolute atomic E-state index is 12.2. The number of rotatable bonds is 3. The highest BCUT2D eigenvalue weighted by Gasteiger charge is 2.45. The standard InChI is InChI=1S/C13H14N2O5/c1-7(16)13(6-12(18)19)5-8-2-3-11(15-20)14-9(8)4-10(13)17/h4-5,20H,2-3,6H2,1H3,(H,14,15)(H,18,19). The summed E-state index contributed by atoms with van der Waals surface area (Å²) in [4.78, 5) is 39.0. The first-order valence-electron chi connectivity index (χ1n) is 6.08. The van der Waals surface area contributed by atoms with Crippen molar-refractivity contribution in [2.24, 2.45) is 10.4 Å². The van der Waals surface area contributed by atoms with Gasteiger partial charge in [0.15, 0.2) is 5.78 Å². The summed E-state index contributed by atoms with van der Waals surface area (Å²) in [6.07, 6.45) is 2.92. The Morgan fingerprint density at radius 3 is 2.70 bits per heavy atom. The number of carbonyl (C=O) groups is 3. The zero-order chi connectivity index (χ0) is 14.9. The van der Waals surface area contributed by atoms with E-state index >= 15 is 0 Å². The number of carboxylic acid groups (broad SMARTS) is 1. The summed E-state index contributed by atoms with van der Waals surface area (Å²) in [6, 6.07) is 0. The molecule has 7 heteroatoms. The molecule has 0 saturated heterocycles. The lowest BCUT2D eigenvalue weighted by atomic mass is 9.71. The van der Waals surface area contributed by atoms with Crippen molar-refractivity contribution in [3.05, 3.63) is 23.4 Å². The van der Waals surface area contributed by atoms with Crippen molar-refractivity contribution < 1.29 is 24.7 Å². The first-order chi connectivity index (χ1) is 9.39. The number of allylic oxidation sites excluding steroid dienone is 3. The number of ketones is 2. The molecule has 2 rings (SSSR count). The third-order valence-electron chi connectivity index (χ3n) is 3.53. The number of aliphatic imine (C=N–C) groups is 1. The number of aliphatic carboxylic acids is 1. The molecular formula is C13H14N2O5. The number of amidine groups is 1. The molecule has 0 radical (unpaired) electrons. The second kappa shape index (κ2) is 5.01. The summed E-state index contributed by atoms with van der Waals surface area (Å²) >= 11 is 0. The molecular weight excluding hydrogens is 264 g/mol. The molecule has 106 valence electrons. The van der Waals surface area contributed by atoms with Crippen LogP contribution in [0.5, 0.6) is 0 Å². The second-order valence-corrected chi connectivity index (χ2v) is 4.83. The van der Waals surface area contributed by atoms with Gasteiger partial charge >= 0.3 is 5.97 Å². The lowest BCUT2D eigenvalue weighted by Gasteiger charge is -2.30.